The van der Waals surface area contributed by atoms with E-state index < -0.39 is 11.6 Å². The fourth-order valence-corrected chi connectivity index (χ4v) is 6.27. The standard InChI is InChI=1S/C35H24Cl4O3S/c1-2-19-43-33-6-4-3-5-32(33)42-35(34(40)41,24-11-7-22(8-12-24)28-20-26(36)15-17-30(28)38)25-13-9-23(10-14-25)29-21-27(37)16-18-31(29)39/h2-18,20-21H,1,19H2,(H,40,41). The molecule has 0 saturated heterocycles. The number of carboxylic acid groups (broad SMARTS) is 1. The first-order chi connectivity index (χ1) is 20.7. The molecular weight excluding hydrogens is 642 g/mol. The van der Waals surface area contributed by atoms with E-state index in [0.29, 0.717) is 42.7 Å². The molecule has 3 nitrogen and oxygen atoms in total. The zero-order chi connectivity index (χ0) is 30.6. The average Bonchev–Trinajstić information content (AvgIpc) is 3.02. The van der Waals surface area contributed by atoms with Crippen molar-refractivity contribution in [2.24, 2.45) is 0 Å². The van der Waals surface area contributed by atoms with E-state index in [9.17, 15) is 9.90 Å². The molecule has 43 heavy (non-hydrogen) atoms. The minimum atomic E-state index is -1.90. The Hall–Kier alpha value is -3.38. The summed E-state index contributed by atoms with van der Waals surface area (Å²) >= 11 is 26.9. The van der Waals surface area contributed by atoms with Gasteiger partial charge in [0.2, 0.25) is 0 Å². The third-order valence-electron chi connectivity index (χ3n) is 6.83. The largest absolute Gasteiger partial charge is 0.478 e. The Kier molecular flexibility index (Phi) is 9.75. The fraction of sp³-hybridized carbons (Fsp3) is 0.0571. The lowest BCUT2D eigenvalue weighted by Gasteiger charge is -2.32. The van der Waals surface area contributed by atoms with Crippen molar-refractivity contribution in [2.75, 3.05) is 5.75 Å². The topological polar surface area (TPSA) is 46.5 Å². The maximum absolute atomic E-state index is 13.4. The van der Waals surface area contributed by atoms with Gasteiger partial charge in [0.15, 0.2) is 0 Å². The summed E-state index contributed by atoms with van der Waals surface area (Å²) in [5, 5.41) is 13.1. The number of thioether (sulfide) groups is 1. The second kappa shape index (κ2) is 13.5. The normalized spacial score (nSPS) is 11.3. The molecule has 0 aromatic heterocycles. The first kappa shape index (κ1) is 31.1. The van der Waals surface area contributed by atoms with Gasteiger partial charge in [0.05, 0.1) is 0 Å². The number of rotatable bonds is 10. The van der Waals surface area contributed by atoms with E-state index in [0.717, 1.165) is 27.1 Å². The Labute approximate surface area is 274 Å². The lowest BCUT2D eigenvalue weighted by molar-refractivity contribution is -0.152. The second-order valence-electron chi connectivity index (χ2n) is 9.54. The average molecular weight is 666 g/mol. The van der Waals surface area contributed by atoms with Crippen molar-refractivity contribution in [1.82, 2.24) is 0 Å². The summed E-state index contributed by atoms with van der Waals surface area (Å²) in [7, 11) is 0. The number of aliphatic carboxylic acids is 1. The van der Waals surface area contributed by atoms with Crippen LogP contribution in [0.25, 0.3) is 22.3 Å². The molecule has 5 aromatic carbocycles. The number of carbonyl (C=O) groups is 1. The second-order valence-corrected chi connectivity index (χ2v) is 12.3. The molecule has 0 fully saturated rings. The van der Waals surface area contributed by atoms with Gasteiger partial charge >= 0.3 is 5.97 Å². The zero-order valence-electron chi connectivity index (χ0n) is 22.6. The predicted molar refractivity (Wildman–Crippen MR) is 180 cm³/mol. The van der Waals surface area contributed by atoms with E-state index in [1.165, 1.54) is 11.8 Å². The molecule has 0 aliphatic carbocycles. The van der Waals surface area contributed by atoms with Crippen LogP contribution in [0.4, 0.5) is 0 Å². The Bertz CT molecular complexity index is 1690. The highest BCUT2D eigenvalue weighted by Crippen LogP contribution is 2.42. The van der Waals surface area contributed by atoms with Gasteiger partial charge in [0.1, 0.15) is 5.75 Å². The van der Waals surface area contributed by atoms with Gasteiger partial charge in [-0.05, 0) is 59.7 Å². The van der Waals surface area contributed by atoms with Gasteiger partial charge in [-0.3, -0.25) is 0 Å². The van der Waals surface area contributed by atoms with Gasteiger partial charge in [-0.25, -0.2) is 4.79 Å². The molecule has 0 spiro atoms. The molecule has 8 heteroatoms. The number of hydrogen-bond donors (Lipinski definition) is 1. The summed E-state index contributed by atoms with van der Waals surface area (Å²) in [6, 6.07) is 32.0. The van der Waals surface area contributed by atoms with Crippen LogP contribution in [0.2, 0.25) is 20.1 Å². The van der Waals surface area contributed by atoms with Crippen LogP contribution >= 0.6 is 58.2 Å². The van der Waals surface area contributed by atoms with Crippen LogP contribution in [0.15, 0.2) is 127 Å². The molecule has 0 atom stereocenters. The summed E-state index contributed by atoms with van der Waals surface area (Å²) in [5.74, 6) is -0.122. The Morgan fingerprint density at radius 2 is 1.23 bits per heavy atom. The number of carboxylic acids is 1. The summed E-state index contributed by atoms with van der Waals surface area (Å²) < 4.78 is 6.59. The van der Waals surface area contributed by atoms with Crippen molar-refractivity contribution in [3.05, 3.63) is 153 Å². The van der Waals surface area contributed by atoms with E-state index in [4.69, 9.17) is 51.1 Å². The van der Waals surface area contributed by atoms with Crippen molar-refractivity contribution >= 4 is 64.1 Å². The quantitative estimate of drug-likeness (QED) is 0.119. The number of halogens is 4. The SMILES string of the molecule is C=CCSc1ccccc1OC(C(=O)O)(c1ccc(-c2cc(Cl)ccc2Cl)cc1)c1ccc(-c2cc(Cl)ccc2Cl)cc1. The van der Waals surface area contributed by atoms with Gasteiger partial charge in [0, 0.05) is 53.0 Å². The lowest BCUT2D eigenvalue weighted by Crippen LogP contribution is -2.43. The Balaban J connectivity index is 1.66. The molecule has 0 radical (unpaired) electrons. The molecule has 0 aliphatic rings. The van der Waals surface area contributed by atoms with E-state index in [1.54, 1.807) is 72.8 Å². The predicted octanol–water partition coefficient (Wildman–Crippen LogP) is 11.3. The summed E-state index contributed by atoms with van der Waals surface area (Å²) in [4.78, 5) is 14.2. The van der Waals surface area contributed by atoms with Crippen LogP contribution in [0.1, 0.15) is 11.1 Å². The highest BCUT2D eigenvalue weighted by atomic mass is 35.5. The maximum Gasteiger partial charge on any atom is 0.357 e. The van der Waals surface area contributed by atoms with Crippen LogP contribution in [-0.4, -0.2) is 16.8 Å². The monoisotopic (exact) mass is 664 g/mol. The Morgan fingerprint density at radius 3 is 1.70 bits per heavy atom. The van der Waals surface area contributed by atoms with Gasteiger partial charge in [-0.2, -0.15) is 0 Å². The first-order valence-corrected chi connectivity index (χ1v) is 15.6. The molecule has 216 valence electrons. The van der Waals surface area contributed by atoms with Crippen LogP contribution in [-0.2, 0) is 10.4 Å². The zero-order valence-corrected chi connectivity index (χ0v) is 26.4. The van der Waals surface area contributed by atoms with Crippen molar-refractivity contribution in [1.29, 1.82) is 0 Å². The molecule has 0 bridgehead atoms. The third kappa shape index (κ3) is 6.59. The van der Waals surface area contributed by atoms with Crippen molar-refractivity contribution in [3.8, 4) is 28.0 Å². The summed E-state index contributed by atoms with van der Waals surface area (Å²) in [6.45, 7) is 3.80. The van der Waals surface area contributed by atoms with Crippen molar-refractivity contribution < 1.29 is 14.6 Å². The molecule has 0 amide bonds. The van der Waals surface area contributed by atoms with Gasteiger partial charge in [-0.1, -0.05) is 113 Å². The highest BCUT2D eigenvalue weighted by molar-refractivity contribution is 7.99. The molecule has 1 N–H and O–H groups in total. The van der Waals surface area contributed by atoms with E-state index in [-0.39, 0.29) is 0 Å². The summed E-state index contributed by atoms with van der Waals surface area (Å²) in [5.41, 5.74) is 1.95. The van der Waals surface area contributed by atoms with Crippen LogP contribution in [0.3, 0.4) is 0 Å². The molecular formula is C35H24Cl4O3S. The number of benzene rings is 5. The number of hydrogen-bond acceptors (Lipinski definition) is 3. The van der Waals surface area contributed by atoms with E-state index in [2.05, 4.69) is 6.58 Å². The first-order valence-electron chi connectivity index (χ1n) is 13.1. The molecule has 0 heterocycles. The third-order valence-corrected chi connectivity index (χ3v) is 9.01. The summed E-state index contributed by atoms with van der Waals surface area (Å²) in [6.07, 6.45) is 1.78. The van der Waals surface area contributed by atoms with Gasteiger partial charge in [0.25, 0.3) is 5.60 Å². The Morgan fingerprint density at radius 1 is 0.744 bits per heavy atom. The van der Waals surface area contributed by atoms with Crippen LogP contribution in [0, 0.1) is 0 Å². The van der Waals surface area contributed by atoms with Crippen LogP contribution in [0.5, 0.6) is 5.75 Å². The molecule has 0 unspecified atom stereocenters. The number of ether oxygens (including phenoxy) is 1. The van der Waals surface area contributed by atoms with Crippen molar-refractivity contribution in [2.45, 2.75) is 10.5 Å². The van der Waals surface area contributed by atoms with Crippen molar-refractivity contribution in [3.63, 3.8) is 0 Å². The van der Waals surface area contributed by atoms with Gasteiger partial charge in [-0.15, -0.1) is 18.3 Å². The maximum atomic E-state index is 13.4. The molecule has 5 rings (SSSR count). The minimum absolute atomic E-state index is 0.416. The lowest BCUT2D eigenvalue weighted by atomic mass is 9.84. The smallest absolute Gasteiger partial charge is 0.357 e. The minimum Gasteiger partial charge on any atom is -0.478 e. The molecule has 5 aromatic rings. The molecule has 0 saturated carbocycles. The van der Waals surface area contributed by atoms with E-state index >= 15 is 0 Å². The number of para-hydroxylation sites is 1. The fourth-order valence-electron chi connectivity index (χ4n) is 4.75. The highest BCUT2D eigenvalue weighted by Gasteiger charge is 2.46. The van der Waals surface area contributed by atoms with Gasteiger partial charge < -0.3 is 9.84 Å². The van der Waals surface area contributed by atoms with Crippen LogP contribution < -0.4 is 4.74 Å². The van der Waals surface area contributed by atoms with E-state index in [1.807, 2.05) is 42.5 Å². The molecule has 0 aliphatic heterocycles.